The van der Waals surface area contributed by atoms with Crippen molar-refractivity contribution < 1.29 is 9.84 Å². The van der Waals surface area contributed by atoms with Crippen molar-refractivity contribution in [2.75, 3.05) is 33.4 Å². The molecule has 0 amide bonds. The van der Waals surface area contributed by atoms with Crippen molar-refractivity contribution >= 4 is 0 Å². The molecule has 0 saturated carbocycles. The number of hydrogen-bond acceptors (Lipinski definition) is 3. The fourth-order valence-electron chi connectivity index (χ4n) is 2.71. The molecule has 1 fully saturated rings. The van der Waals surface area contributed by atoms with Crippen LogP contribution in [0.25, 0.3) is 0 Å². The average Bonchev–Trinajstić information content (AvgIpc) is 2.49. The van der Waals surface area contributed by atoms with E-state index in [1.165, 1.54) is 18.4 Å². The average molecular weight is 287 g/mol. The van der Waals surface area contributed by atoms with Crippen LogP contribution in [0.15, 0.2) is 24.3 Å². The van der Waals surface area contributed by atoms with Crippen LogP contribution in [0.3, 0.4) is 0 Å². The minimum absolute atomic E-state index is 0.126. The van der Waals surface area contributed by atoms with Gasteiger partial charge in [0.1, 0.15) is 0 Å². The normalized spacial score (nSPS) is 15.8. The molecule has 1 aromatic carbocycles. The van der Waals surface area contributed by atoms with Gasteiger partial charge in [-0.2, -0.15) is 0 Å². The lowest BCUT2D eigenvalue weighted by molar-refractivity contribution is 0.0549. The predicted octanol–water partition coefficient (Wildman–Crippen LogP) is 2.28. The second-order valence-corrected chi connectivity index (χ2v) is 5.73. The summed E-state index contributed by atoms with van der Waals surface area (Å²) in [6, 6.07) is 8.37. The van der Waals surface area contributed by atoms with Crippen LogP contribution in [0.2, 0.25) is 0 Å². The molecule has 21 heavy (non-hydrogen) atoms. The van der Waals surface area contributed by atoms with Gasteiger partial charge in [0.05, 0.1) is 6.61 Å². The first-order valence-electron chi connectivity index (χ1n) is 7.73. The first-order chi connectivity index (χ1) is 10.3. The molecule has 0 radical (unpaired) electrons. The van der Waals surface area contributed by atoms with Crippen LogP contribution in [-0.4, -0.2) is 43.4 Å². The zero-order valence-electron chi connectivity index (χ0n) is 12.8. The summed E-state index contributed by atoms with van der Waals surface area (Å²) in [4.78, 5) is 2.39. The summed E-state index contributed by atoms with van der Waals surface area (Å²) in [5, 5.41) is 8.76. The Morgan fingerprint density at radius 3 is 2.90 bits per heavy atom. The van der Waals surface area contributed by atoms with Crippen molar-refractivity contribution in [2.24, 2.45) is 5.92 Å². The smallest absolute Gasteiger partial charge is 0.0540 e. The lowest BCUT2D eigenvalue weighted by Crippen LogP contribution is -2.29. The van der Waals surface area contributed by atoms with Gasteiger partial charge in [-0.25, -0.2) is 0 Å². The number of aliphatic hydroxyl groups is 1. The van der Waals surface area contributed by atoms with Gasteiger partial charge in [-0.1, -0.05) is 24.0 Å². The Labute approximate surface area is 127 Å². The van der Waals surface area contributed by atoms with Crippen LogP contribution >= 0.6 is 0 Å². The minimum Gasteiger partial charge on any atom is -0.395 e. The molecule has 0 atom stereocenters. The molecule has 1 aliphatic heterocycles. The molecule has 0 aliphatic carbocycles. The van der Waals surface area contributed by atoms with Crippen molar-refractivity contribution in [3.63, 3.8) is 0 Å². The molecule has 0 bridgehead atoms. The van der Waals surface area contributed by atoms with E-state index in [9.17, 15) is 0 Å². The second kappa shape index (κ2) is 8.84. The van der Waals surface area contributed by atoms with Crippen LogP contribution < -0.4 is 0 Å². The highest BCUT2D eigenvalue weighted by molar-refractivity contribution is 5.37. The number of ether oxygens (including phenoxy) is 1. The minimum atomic E-state index is 0.126. The van der Waals surface area contributed by atoms with Crippen LogP contribution in [0.5, 0.6) is 0 Å². The maximum absolute atomic E-state index is 8.76. The Balaban J connectivity index is 1.86. The largest absolute Gasteiger partial charge is 0.395 e. The molecule has 0 unspecified atom stereocenters. The van der Waals surface area contributed by atoms with Gasteiger partial charge in [0, 0.05) is 38.3 Å². The van der Waals surface area contributed by atoms with E-state index >= 15 is 0 Å². The number of aliphatic hydroxyl groups excluding tert-OH is 1. The third kappa shape index (κ3) is 5.89. The molecule has 0 aromatic heterocycles. The van der Waals surface area contributed by atoms with Gasteiger partial charge in [0.15, 0.2) is 0 Å². The van der Waals surface area contributed by atoms with Crippen molar-refractivity contribution in [1.82, 2.24) is 4.90 Å². The fraction of sp³-hybridized carbons (Fsp3) is 0.556. The van der Waals surface area contributed by atoms with Gasteiger partial charge in [0.2, 0.25) is 0 Å². The van der Waals surface area contributed by atoms with Crippen molar-refractivity contribution in [3.8, 4) is 11.8 Å². The molecule has 0 spiro atoms. The van der Waals surface area contributed by atoms with Gasteiger partial charge >= 0.3 is 0 Å². The van der Waals surface area contributed by atoms with Crippen molar-refractivity contribution in [2.45, 2.75) is 25.8 Å². The number of nitrogens with zero attached hydrogens (tertiary/aromatic N) is 1. The standard InChI is InChI=1S/C18H25NO2/c1-19(14-17-8-11-21-12-9-17)15-18-7-4-6-16(13-18)5-2-3-10-20/h4,6-7,13,17,20H,3,8-12,14-15H2,1H3. The van der Waals surface area contributed by atoms with E-state index in [4.69, 9.17) is 9.84 Å². The molecule has 1 heterocycles. The van der Waals surface area contributed by atoms with Gasteiger partial charge in [-0.15, -0.1) is 0 Å². The molecule has 1 aliphatic rings. The van der Waals surface area contributed by atoms with E-state index in [1.807, 2.05) is 6.07 Å². The lowest BCUT2D eigenvalue weighted by Gasteiger charge is -2.27. The summed E-state index contributed by atoms with van der Waals surface area (Å²) in [5.41, 5.74) is 2.32. The fourth-order valence-corrected chi connectivity index (χ4v) is 2.71. The predicted molar refractivity (Wildman–Crippen MR) is 84.9 cm³/mol. The highest BCUT2D eigenvalue weighted by atomic mass is 16.5. The quantitative estimate of drug-likeness (QED) is 0.843. The summed E-state index contributed by atoms with van der Waals surface area (Å²) in [6.45, 7) is 4.03. The zero-order chi connectivity index (χ0) is 14.9. The molecular weight excluding hydrogens is 262 g/mol. The topological polar surface area (TPSA) is 32.7 Å². The summed E-state index contributed by atoms with van der Waals surface area (Å²) in [7, 11) is 2.18. The molecule has 1 aromatic rings. The van der Waals surface area contributed by atoms with E-state index in [0.29, 0.717) is 6.42 Å². The summed E-state index contributed by atoms with van der Waals surface area (Å²) < 4.78 is 5.41. The maximum Gasteiger partial charge on any atom is 0.0540 e. The van der Waals surface area contributed by atoms with E-state index in [2.05, 4.69) is 42.0 Å². The molecular formula is C18H25NO2. The molecule has 2 rings (SSSR count). The van der Waals surface area contributed by atoms with Crippen LogP contribution in [0.1, 0.15) is 30.4 Å². The van der Waals surface area contributed by atoms with Gasteiger partial charge in [0.25, 0.3) is 0 Å². The molecule has 1 saturated heterocycles. The first-order valence-corrected chi connectivity index (χ1v) is 7.73. The maximum atomic E-state index is 8.76. The Bertz CT molecular complexity index is 483. The summed E-state index contributed by atoms with van der Waals surface area (Å²) in [6.07, 6.45) is 2.89. The second-order valence-electron chi connectivity index (χ2n) is 5.73. The van der Waals surface area contributed by atoms with E-state index in [-0.39, 0.29) is 6.61 Å². The number of rotatable bonds is 5. The Hall–Kier alpha value is -1.34. The molecule has 3 heteroatoms. The van der Waals surface area contributed by atoms with Crippen LogP contribution in [0.4, 0.5) is 0 Å². The summed E-state index contributed by atoms with van der Waals surface area (Å²) >= 11 is 0. The van der Waals surface area contributed by atoms with Crippen LogP contribution in [0, 0.1) is 17.8 Å². The third-order valence-corrected chi connectivity index (χ3v) is 3.76. The molecule has 3 nitrogen and oxygen atoms in total. The summed E-state index contributed by atoms with van der Waals surface area (Å²) in [5.74, 6) is 6.83. The van der Waals surface area contributed by atoms with Crippen molar-refractivity contribution in [1.29, 1.82) is 0 Å². The van der Waals surface area contributed by atoms with Crippen LogP contribution in [-0.2, 0) is 11.3 Å². The first kappa shape index (κ1) is 16.0. The third-order valence-electron chi connectivity index (χ3n) is 3.76. The van der Waals surface area contributed by atoms with E-state index in [0.717, 1.165) is 37.8 Å². The monoisotopic (exact) mass is 287 g/mol. The Morgan fingerprint density at radius 2 is 2.14 bits per heavy atom. The Morgan fingerprint density at radius 1 is 1.33 bits per heavy atom. The molecule has 1 N–H and O–H groups in total. The molecule has 114 valence electrons. The van der Waals surface area contributed by atoms with Crippen molar-refractivity contribution in [3.05, 3.63) is 35.4 Å². The van der Waals surface area contributed by atoms with Gasteiger partial charge in [-0.3, -0.25) is 0 Å². The lowest BCUT2D eigenvalue weighted by atomic mass is 9.99. The van der Waals surface area contributed by atoms with Gasteiger partial charge < -0.3 is 14.7 Å². The van der Waals surface area contributed by atoms with E-state index < -0.39 is 0 Å². The van der Waals surface area contributed by atoms with E-state index in [1.54, 1.807) is 0 Å². The zero-order valence-corrected chi connectivity index (χ0v) is 12.8. The Kier molecular flexibility index (Phi) is 6.75. The highest BCUT2D eigenvalue weighted by Gasteiger charge is 2.15. The number of benzene rings is 1. The number of hydrogen-bond donors (Lipinski definition) is 1. The SMILES string of the molecule is CN(Cc1cccc(C#CCCO)c1)CC1CCOCC1. The highest BCUT2D eigenvalue weighted by Crippen LogP contribution is 2.16. The van der Waals surface area contributed by atoms with Gasteiger partial charge in [-0.05, 0) is 43.5 Å².